The zero-order chi connectivity index (χ0) is 30.9. The molecule has 0 spiro atoms. The first-order valence-electron chi connectivity index (χ1n) is 14.4. The second-order valence-corrected chi connectivity index (χ2v) is 11.8. The summed E-state index contributed by atoms with van der Waals surface area (Å²) in [6.07, 6.45) is 2.70. The topological polar surface area (TPSA) is 108 Å². The molecule has 2 atom stereocenters. The normalized spacial score (nSPS) is 12.8. The lowest BCUT2D eigenvalue weighted by atomic mass is 9.98. The number of nitrogens with one attached hydrogen (secondary N) is 2. The third-order valence-electron chi connectivity index (χ3n) is 6.85. The molecule has 0 aliphatic rings. The van der Waals surface area contributed by atoms with Crippen LogP contribution in [0.4, 0.5) is 10.5 Å². The number of anilines is 1. The van der Waals surface area contributed by atoms with E-state index in [4.69, 9.17) is 4.74 Å². The Labute approximate surface area is 254 Å². The molecule has 9 heteroatoms. The van der Waals surface area contributed by atoms with Crippen LogP contribution in [0.15, 0.2) is 60.7 Å². The number of unbranched alkanes of at least 4 members (excludes halogenated alkanes) is 3. The summed E-state index contributed by atoms with van der Waals surface area (Å²) < 4.78 is 5.38. The highest BCUT2D eigenvalue weighted by Gasteiger charge is 2.37. The quantitative estimate of drug-likeness (QED) is 0.137. The maximum Gasteiger partial charge on any atom is 0.408 e. The number of hydrogen-bond acceptors (Lipinski definition) is 6. The van der Waals surface area contributed by atoms with E-state index >= 15 is 0 Å². The second-order valence-electron chi connectivity index (χ2n) is 11.4. The Morgan fingerprint density at radius 3 is 2.36 bits per heavy atom. The van der Waals surface area contributed by atoms with Gasteiger partial charge in [-0.2, -0.15) is 12.6 Å². The first kappa shape index (κ1) is 32.8. The molecule has 0 bridgehead atoms. The van der Waals surface area contributed by atoms with Gasteiger partial charge in [0.1, 0.15) is 23.4 Å². The standard InChI is InChI=1S/C33H43N3O5S/c1-6-7-8-11-19-36(31(39)27(21-42)35-32(40)41-33(3,4)5)28(26-16-12-13-22(2)29(26)37)30(38)34-25-18-17-23-14-9-10-15-24(23)20-25/h9-10,12-18,20,27-28,37,42H,6-8,11,19,21H2,1-5H3,(H,34,38)(H,35,40). The van der Waals surface area contributed by atoms with Gasteiger partial charge in [-0.15, -0.1) is 0 Å². The molecule has 0 radical (unpaired) electrons. The number of phenols is 1. The molecule has 8 nitrogen and oxygen atoms in total. The number of benzene rings is 3. The number of aryl methyl sites for hydroxylation is 1. The third kappa shape index (κ3) is 8.89. The van der Waals surface area contributed by atoms with Crippen molar-refractivity contribution < 1.29 is 24.2 Å². The molecule has 226 valence electrons. The molecule has 0 fully saturated rings. The smallest absolute Gasteiger partial charge is 0.408 e. The molecule has 0 aliphatic heterocycles. The monoisotopic (exact) mass is 593 g/mol. The lowest BCUT2D eigenvalue weighted by Crippen LogP contribution is -2.53. The second kappa shape index (κ2) is 15.0. The van der Waals surface area contributed by atoms with E-state index in [9.17, 15) is 19.5 Å². The van der Waals surface area contributed by atoms with Gasteiger partial charge in [-0.1, -0.05) is 74.7 Å². The zero-order valence-corrected chi connectivity index (χ0v) is 26.0. The fraction of sp³-hybridized carbons (Fsp3) is 0.424. The number of fused-ring (bicyclic) bond motifs is 1. The highest BCUT2D eigenvalue weighted by molar-refractivity contribution is 7.80. The summed E-state index contributed by atoms with van der Waals surface area (Å²) in [5.74, 6) is -1.05. The highest BCUT2D eigenvalue weighted by atomic mass is 32.1. The molecule has 0 saturated heterocycles. The average Bonchev–Trinajstić information content (AvgIpc) is 2.94. The lowest BCUT2D eigenvalue weighted by molar-refractivity contribution is -0.140. The average molecular weight is 594 g/mol. The third-order valence-corrected chi connectivity index (χ3v) is 7.21. The Kier molecular flexibility index (Phi) is 11.7. The maximum atomic E-state index is 14.1. The van der Waals surface area contributed by atoms with Crippen molar-refractivity contribution in [1.82, 2.24) is 10.2 Å². The number of rotatable bonds is 12. The molecular weight excluding hydrogens is 550 g/mol. The number of phenolic OH excluding ortho intramolecular Hbond substituents is 1. The van der Waals surface area contributed by atoms with Crippen molar-refractivity contribution in [2.75, 3.05) is 17.6 Å². The van der Waals surface area contributed by atoms with Gasteiger partial charge in [0.25, 0.3) is 5.91 Å². The highest BCUT2D eigenvalue weighted by Crippen LogP contribution is 2.33. The summed E-state index contributed by atoms with van der Waals surface area (Å²) in [6.45, 7) is 9.27. The van der Waals surface area contributed by atoms with Gasteiger partial charge in [-0.05, 0) is 62.6 Å². The summed E-state index contributed by atoms with van der Waals surface area (Å²) in [6, 6.07) is 16.3. The fourth-order valence-electron chi connectivity index (χ4n) is 4.74. The van der Waals surface area contributed by atoms with Crippen molar-refractivity contribution in [2.24, 2.45) is 0 Å². The summed E-state index contributed by atoms with van der Waals surface area (Å²) >= 11 is 4.35. The zero-order valence-electron chi connectivity index (χ0n) is 25.1. The van der Waals surface area contributed by atoms with Gasteiger partial charge < -0.3 is 25.4 Å². The Balaban J connectivity index is 2.03. The Morgan fingerprint density at radius 2 is 1.69 bits per heavy atom. The molecule has 42 heavy (non-hydrogen) atoms. The van der Waals surface area contributed by atoms with Gasteiger partial charge in [-0.25, -0.2) is 4.79 Å². The molecular formula is C33H43N3O5S. The van der Waals surface area contributed by atoms with E-state index in [0.717, 1.165) is 30.0 Å². The summed E-state index contributed by atoms with van der Waals surface area (Å²) in [5, 5.41) is 18.7. The number of thiol groups is 1. The number of carbonyl (C=O) groups excluding carboxylic acids is 3. The van der Waals surface area contributed by atoms with E-state index in [0.29, 0.717) is 23.2 Å². The van der Waals surface area contributed by atoms with Crippen LogP contribution in [0.3, 0.4) is 0 Å². The number of hydrogen-bond donors (Lipinski definition) is 4. The minimum Gasteiger partial charge on any atom is -0.507 e. The van der Waals surface area contributed by atoms with Crippen LogP contribution < -0.4 is 10.6 Å². The molecule has 3 rings (SSSR count). The van der Waals surface area contributed by atoms with Crippen LogP contribution in [-0.2, 0) is 14.3 Å². The Hall–Kier alpha value is -3.72. The minimum absolute atomic E-state index is 0.0116. The van der Waals surface area contributed by atoms with Crippen LogP contribution in [0.2, 0.25) is 0 Å². The Bertz CT molecular complexity index is 1390. The van der Waals surface area contributed by atoms with Crippen molar-refractivity contribution >= 4 is 47.0 Å². The van der Waals surface area contributed by atoms with Crippen molar-refractivity contribution in [3.63, 3.8) is 0 Å². The predicted octanol–water partition coefficient (Wildman–Crippen LogP) is 6.77. The molecule has 3 N–H and O–H groups in total. The first-order valence-corrected chi connectivity index (χ1v) is 15.1. The number of carbonyl (C=O) groups is 3. The van der Waals surface area contributed by atoms with Crippen molar-refractivity contribution in [3.8, 4) is 5.75 Å². The summed E-state index contributed by atoms with van der Waals surface area (Å²) in [4.78, 5) is 42.3. The van der Waals surface area contributed by atoms with E-state index < -0.39 is 35.6 Å². The van der Waals surface area contributed by atoms with Crippen LogP contribution in [0.1, 0.15) is 70.5 Å². The van der Waals surface area contributed by atoms with E-state index in [2.05, 4.69) is 30.2 Å². The molecule has 0 aliphatic carbocycles. The molecule has 2 unspecified atom stereocenters. The molecule has 3 aromatic rings. The van der Waals surface area contributed by atoms with Crippen LogP contribution in [0.25, 0.3) is 10.8 Å². The number of amides is 3. The van der Waals surface area contributed by atoms with Gasteiger partial charge in [0.2, 0.25) is 5.91 Å². The van der Waals surface area contributed by atoms with E-state index in [1.54, 1.807) is 52.0 Å². The minimum atomic E-state index is -1.17. The molecule has 3 aromatic carbocycles. The van der Waals surface area contributed by atoms with E-state index in [1.807, 2.05) is 36.4 Å². The molecule has 0 aromatic heterocycles. The van der Waals surface area contributed by atoms with Gasteiger partial charge in [0.15, 0.2) is 0 Å². The largest absolute Gasteiger partial charge is 0.507 e. The molecule has 0 heterocycles. The van der Waals surface area contributed by atoms with Crippen molar-refractivity contribution in [1.29, 1.82) is 0 Å². The SMILES string of the molecule is CCCCCCN(C(=O)C(CS)NC(=O)OC(C)(C)C)C(C(=O)Nc1ccc2ccccc2c1)c1cccc(C)c1O. The van der Waals surface area contributed by atoms with Crippen LogP contribution >= 0.6 is 12.6 Å². The Morgan fingerprint density at radius 1 is 0.976 bits per heavy atom. The number of para-hydroxylation sites is 1. The fourth-order valence-corrected chi connectivity index (χ4v) is 4.99. The van der Waals surface area contributed by atoms with Gasteiger partial charge in [-0.3, -0.25) is 9.59 Å². The molecule has 0 saturated carbocycles. The van der Waals surface area contributed by atoms with Crippen molar-refractivity contribution in [3.05, 3.63) is 71.8 Å². The lowest BCUT2D eigenvalue weighted by Gasteiger charge is -2.34. The molecule has 3 amide bonds. The first-order chi connectivity index (χ1) is 19.9. The van der Waals surface area contributed by atoms with Crippen molar-refractivity contribution in [2.45, 2.75) is 78.0 Å². The summed E-state index contributed by atoms with van der Waals surface area (Å²) in [5.41, 5.74) is 0.676. The van der Waals surface area contributed by atoms with Gasteiger partial charge in [0, 0.05) is 23.5 Å². The van der Waals surface area contributed by atoms with E-state index in [-0.39, 0.29) is 18.0 Å². The number of alkyl carbamates (subject to hydrolysis) is 1. The van der Waals surface area contributed by atoms with Gasteiger partial charge >= 0.3 is 6.09 Å². The van der Waals surface area contributed by atoms with Gasteiger partial charge in [0.05, 0.1) is 0 Å². The van der Waals surface area contributed by atoms with Crippen LogP contribution in [0.5, 0.6) is 5.75 Å². The number of nitrogens with zero attached hydrogens (tertiary/aromatic N) is 1. The number of aromatic hydroxyl groups is 1. The van der Waals surface area contributed by atoms with Crippen LogP contribution in [0, 0.1) is 6.92 Å². The predicted molar refractivity (Wildman–Crippen MR) is 171 cm³/mol. The van der Waals surface area contributed by atoms with E-state index in [1.165, 1.54) is 4.90 Å². The van der Waals surface area contributed by atoms with Crippen LogP contribution in [-0.4, -0.2) is 51.9 Å². The maximum absolute atomic E-state index is 14.1. The number of ether oxygens (including phenoxy) is 1. The summed E-state index contributed by atoms with van der Waals surface area (Å²) in [7, 11) is 0.